The van der Waals surface area contributed by atoms with E-state index in [1.807, 2.05) is 0 Å². The third kappa shape index (κ3) is 3.13. The van der Waals surface area contributed by atoms with Crippen molar-refractivity contribution in [1.82, 2.24) is 14.5 Å². The zero-order valence-electron chi connectivity index (χ0n) is 11.1. The summed E-state index contributed by atoms with van der Waals surface area (Å²) in [6.45, 7) is 3.64. The van der Waals surface area contributed by atoms with Gasteiger partial charge in [-0.15, -0.1) is 0 Å². The summed E-state index contributed by atoms with van der Waals surface area (Å²) in [6.07, 6.45) is 0.868. The van der Waals surface area contributed by atoms with Gasteiger partial charge >= 0.3 is 0 Å². The van der Waals surface area contributed by atoms with Gasteiger partial charge in [0, 0.05) is 11.8 Å². The van der Waals surface area contributed by atoms with Crippen molar-refractivity contribution >= 4 is 21.8 Å². The van der Waals surface area contributed by atoms with Crippen molar-refractivity contribution in [3.63, 3.8) is 0 Å². The van der Waals surface area contributed by atoms with Crippen LogP contribution in [0.5, 0.6) is 0 Å². The van der Waals surface area contributed by atoms with Gasteiger partial charge in [-0.05, 0) is 26.0 Å². The maximum absolute atomic E-state index is 12.4. The lowest BCUT2D eigenvalue weighted by atomic mass is 10.3. The molecular formula is C11H19N3O3S2. The van der Waals surface area contributed by atoms with Crippen LogP contribution in [0.25, 0.3) is 0 Å². The van der Waals surface area contributed by atoms with Crippen molar-refractivity contribution in [2.75, 3.05) is 18.1 Å². The maximum atomic E-state index is 12.4. The molecule has 1 fully saturated rings. The minimum Gasteiger partial charge on any atom is -0.394 e. The minimum absolute atomic E-state index is 0.00925. The molecule has 1 aliphatic rings. The molecule has 6 nitrogen and oxygen atoms in total. The molecule has 0 spiro atoms. The molecule has 2 rings (SSSR count). The molecule has 0 amide bonds. The highest BCUT2D eigenvalue weighted by Gasteiger charge is 2.28. The molecule has 8 heteroatoms. The summed E-state index contributed by atoms with van der Waals surface area (Å²) in [4.78, 5) is 0.248. The summed E-state index contributed by atoms with van der Waals surface area (Å²) in [5.74, 6) is 1.82. The Hall–Kier alpha value is -0.570. The van der Waals surface area contributed by atoms with Gasteiger partial charge < -0.3 is 5.11 Å². The molecule has 1 unspecified atom stereocenters. The van der Waals surface area contributed by atoms with Crippen LogP contribution in [-0.2, 0) is 16.6 Å². The van der Waals surface area contributed by atoms with E-state index in [2.05, 4.69) is 9.82 Å². The number of nitrogens with zero attached hydrogens (tertiary/aromatic N) is 2. The van der Waals surface area contributed by atoms with E-state index in [1.165, 1.54) is 4.68 Å². The van der Waals surface area contributed by atoms with E-state index < -0.39 is 10.0 Å². The summed E-state index contributed by atoms with van der Waals surface area (Å²) < 4.78 is 29.1. The lowest BCUT2D eigenvalue weighted by Crippen LogP contribution is -2.35. The summed E-state index contributed by atoms with van der Waals surface area (Å²) in [5, 5.41) is 13.1. The number of aromatic nitrogens is 2. The third-order valence-electron chi connectivity index (χ3n) is 3.15. The molecule has 108 valence electrons. The minimum atomic E-state index is -3.53. The second kappa shape index (κ2) is 5.82. The third-order valence-corrected chi connectivity index (χ3v) is 6.08. The average molecular weight is 305 g/mol. The van der Waals surface area contributed by atoms with Crippen LogP contribution < -0.4 is 4.72 Å². The zero-order chi connectivity index (χ0) is 14.0. The smallest absolute Gasteiger partial charge is 0.244 e. The van der Waals surface area contributed by atoms with E-state index in [0.717, 1.165) is 17.9 Å². The second-order valence-corrected chi connectivity index (χ2v) is 7.43. The molecule has 2 heterocycles. The van der Waals surface area contributed by atoms with Gasteiger partial charge in [0.25, 0.3) is 0 Å². The van der Waals surface area contributed by atoms with E-state index in [0.29, 0.717) is 17.9 Å². The Morgan fingerprint density at radius 2 is 2.26 bits per heavy atom. The fourth-order valence-corrected chi connectivity index (χ4v) is 5.23. The molecule has 0 bridgehead atoms. The number of aliphatic hydroxyl groups excluding tert-OH is 1. The van der Waals surface area contributed by atoms with Crippen LogP contribution in [0.1, 0.15) is 17.8 Å². The summed E-state index contributed by atoms with van der Waals surface area (Å²) in [5.41, 5.74) is 1.05. The zero-order valence-corrected chi connectivity index (χ0v) is 12.7. The molecule has 1 aromatic rings. The predicted octanol–water partition coefficient (Wildman–Crippen LogP) is 0.276. The number of aryl methyl sites for hydroxylation is 1. The lowest BCUT2D eigenvalue weighted by molar-refractivity contribution is 0.267. The van der Waals surface area contributed by atoms with Gasteiger partial charge in [-0.3, -0.25) is 4.68 Å². The van der Waals surface area contributed by atoms with Crippen LogP contribution in [0.15, 0.2) is 4.90 Å². The van der Waals surface area contributed by atoms with Crippen molar-refractivity contribution in [3.05, 3.63) is 11.4 Å². The lowest BCUT2D eigenvalue weighted by Gasteiger charge is -2.12. The molecule has 1 aromatic heterocycles. The van der Waals surface area contributed by atoms with Gasteiger partial charge in [-0.1, -0.05) is 0 Å². The number of rotatable bonds is 5. The molecule has 1 aliphatic heterocycles. The van der Waals surface area contributed by atoms with Gasteiger partial charge in [-0.25, -0.2) is 13.1 Å². The monoisotopic (exact) mass is 305 g/mol. The molecule has 0 aliphatic carbocycles. The first kappa shape index (κ1) is 14.8. The number of hydrogen-bond donors (Lipinski definition) is 2. The Labute approximate surface area is 117 Å². The Balaban J connectivity index is 2.29. The Morgan fingerprint density at radius 3 is 2.84 bits per heavy atom. The van der Waals surface area contributed by atoms with Crippen LogP contribution >= 0.6 is 11.8 Å². The van der Waals surface area contributed by atoms with E-state index in [-0.39, 0.29) is 17.5 Å². The Morgan fingerprint density at radius 1 is 1.53 bits per heavy atom. The molecule has 0 radical (unpaired) electrons. The number of sulfonamides is 1. The summed E-state index contributed by atoms with van der Waals surface area (Å²) >= 11 is 1.76. The fourth-order valence-electron chi connectivity index (χ4n) is 2.29. The van der Waals surface area contributed by atoms with Crippen LogP contribution in [0, 0.1) is 13.8 Å². The number of hydrogen-bond acceptors (Lipinski definition) is 5. The number of thioether (sulfide) groups is 1. The standard InChI is InChI=1S/C11H19N3O3S2/c1-8-11(9(2)14(12-8)4-5-15)19(16,17)13-10-3-6-18-7-10/h10,13,15H,3-7H2,1-2H3. The first-order chi connectivity index (χ1) is 8.95. The predicted molar refractivity (Wildman–Crippen MR) is 74.8 cm³/mol. The van der Waals surface area contributed by atoms with Crippen LogP contribution in [-0.4, -0.2) is 47.5 Å². The van der Waals surface area contributed by atoms with Crippen LogP contribution in [0.2, 0.25) is 0 Å². The van der Waals surface area contributed by atoms with Crippen LogP contribution in [0.4, 0.5) is 0 Å². The van der Waals surface area contributed by atoms with E-state index in [1.54, 1.807) is 25.6 Å². The second-order valence-electron chi connectivity index (χ2n) is 4.63. The van der Waals surface area contributed by atoms with Gasteiger partial charge in [0.1, 0.15) is 4.90 Å². The van der Waals surface area contributed by atoms with Crippen molar-refractivity contribution in [1.29, 1.82) is 0 Å². The van der Waals surface area contributed by atoms with Gasteiger partial charge in [0.15, 0.2) is 0 Å². The largest absolute Gasteiger partial charge is 0.394 e. The molecule has 1 saturated heterocycles. The highest BCUT2D eigenvalue weighted by atomic mass is 32.2. The Kier molecular flexibility index (Phi) is 4.54. The summed E-state index contributed by atoms with van der Waals surface area (Å²) in [7, 11) is -3.53. The number of nitrogens with one attached hydrogen (secondary N) is 1. The molecule has 0 aromatic carbocycles. The summed E-state index contributed by atoms with van der Waals surface area (Å²) in [6, 6.07) is 0.00925. The molecule has 19 heavy (non-hydrogen) atoms. The van der Waals surface area contributed by atoms with E-state index in [4.69, 9.17) is 5.11 Å². The van der Waals surface area contributed by atoms with Crippen molar-refractivity contribution in [2.45, 2.75) is 37.8 Å². The molecule has 1 atom stereocenters. The fraction of sp³-hybridized carbons (Fsp3) is 0.727. The van der Waals surface area contributed by atoms with E-state index >= 15 is 0 Å². The van der Waals surface area contributed by atoms with E-state index in [9.17, 15) is 8.42 Å². The highest BCUT2D eigenvalue weighted by Crippen LogP contribution is 2.23. The molecular weight excluding hydrogens is 286 g/mol. The van der Waals surface area contributed by atoms with Crippen LogP contribution in [0.3, 0.4) is 0 Å². The van der Waals surface area contributed by atoms with Gasteiger partial charge in [0.05, 0.1) is 24.5 Å². The van der Waals surface area contributed by atoms with Gasteiger partial charge in [-0.2, -0.15) is 16.9 Å². The Bertz CT molecular complexity index is 548. The van der Waals surface area contributed by atoms with Crippen molar-refractivity contribution < 1.29 is 13.5 Å². The first-order valence-corrected chi connectivity index (χ1v) is 8.84. The topological polar surface area (TPSA) is 84.2 Å². The highest BCUT2D eigenvalue weighted by molar-refractivity contribution is 7.99. The van der Waals surface area contributed by atoms with Gasteiger partial charge in [0.2, 0.25) is 10.0 Å². The quantitative estimate of drug-likeness (QED) is 0.816. The molecule has 0 saturated carbocycles. The van der Waals surface area contributed by atoms with Crippen molar-refractivity contribution in [2.24, 2.45) is 0 Å². The first-order valence-electron chi connectivity index (χ1n) is 6.20. The maximum Gasteiger partial charge on any atom is 0.244 e. The number of aliphatic hydroxyl groups is 1. The SMILES string of the molecule is Cc1nn(CCO)c(C)c1S(=O)(=O)NC1CCSC1. The average Bonchev–Trinajstić information content (AvgIpc) is 2.88. The molecule has 2 N–H and O–H groups in total. The van der Waals surface area contributed by atoms with Crippen molar-refractivity contribution in [3.8, 4) is 0 Å². The normalized spacial score (nSPS) is 20.1.